The van der Waals surface area contributed by atoms with E-state index >= 15 is 0 Å². The van der Waals surface area contributed by atoms with E-state index in [1.807, 2.05) is 0 Å². The first kappa shape index (κ1) is 17.6. The van der Waals surface area contributed by atoms with Crippen LogP contribution >= 0.6 is 11.6 Å². The molecule has 0 fully saturated rings. The van der Waals surface area contributed by atoms with Gasteiger partial charge < -0.3 is 10.2 Å². The number of halogens is 4. The second-order valence-corrected chi connectivity index (χ2v) is 5.69. The fourth-order valence-electron chi connectivity index (χ4n) is 1.75. The summed E-state index contributed by atoms with van der Waals surface area (Å²) in [5.41, 5.74) is 1.19. The van der Waals surface area contributed by atoms with Gasteiger partial charge in [-0.3, -0.25) is 0 Å². The Balaban J connectivity index is 2.82. The predicted molar refractivity (Wildman–Crippen MR) is 77.7 cm³/mol. The average Bonchev–Trinajstić information content (AvgIpc) is 2.30. The SMILES string of the molecule is Cc1ccc(NC(=O)N(CC(C)C)CC(F)(F)F)cc1Cl. The van der Waals surface area contributed by atoms with Gasteiger partial charge in [-0.2, -0.15) is 13.2 Å². The zero-order chi connectivity index (χ0) is 16.2. The van der Waals surface area contributed by atoms with Crippen LogP contribution in [-0.2, 0) is 0 Å². The lowest BCUT2D eigenvalue weighted by Gasteiger charge is -2.26. The highest BCUT2D eigenvalue weighted by molar-refractivity contribution is 6.31. The minimum absolute atomic E-state index is 0.0188. The van der Waals surface area contributed by atoms with Crippen LogP contribution in [0.3, 0.4) is 0 Å². The van der Waals surface area contributed by atoms with Crippen molar-refractivity contribution in [1.29, 1.82) is 0 Å². The summed E-state index contributed by atoms with van der Waals surface area (Å²) in [7, 11) is 0. The van der Waals surface area contributed by atoms with Crippen LogP contribution in [0.5, 0.6) is 0 Å². The molecule has 0 aliphatic rings. The first-order valence-electron chi connectivity index (χ1n) is 6.47. The molecule has 118 valence electrons. The van der Waals surface area contributed by atoms with Crippen molar-refractivity contribution in [3.8, 4) is 0 Å². The Hall–Kier alpha value is -1.43. The Bertz CT molecular complexity index is 503. The second-order valence-electron chi connectivity index (χ2n) is 5.28. The standard InChI is InChI=1S/C14H18ClF3N2O/c1-9(2)7-20(8-14(16,17)18)13(21)19-11-5-4-10(3)12(15)6-11/h4-6,9H,7-8H2,1-3H3,(H,19,21). The molecule has 0 saturated carbocycles. The third kappa shape index (κ3) is 6.25. The third-order valence-electron chi connectivity index (χ3n) is 2.67. The molecule has 0 spiro atoms. The average molecular weight is 323 g/mol. The molecule has 1 rings (SSSR count). The lowest BCUT2D eigenvalue weighted by Crippen LogP contribution is -2.43. The summed E-state index contributed by atoms with van der Waals surface area (Å²) in [6.45, 7) is 4.03. The number of carbonyl (C=O) groups excluding carboxylic acids is 1. The van der Waals surface area contributed by atoms with Gasteiger partial charge in [-0.25, -0.2) is 4.79 Å². The third-order valence-corrected chi connectivity index (χ3v) is 3.07. The number of nitrogens with zero attached hydrogens (tertiary/aromatic N) is 1. The molecular weight excluding hydrogens is 305 g/mol. The second kappa shape index (κ2) is 7.02. The van der Waals surface area contributed by atoms with Crippen LogP contribution in [-0.4, -0.2) is 30.2 Å². The molecule has 0 radical (unpaired) electrons. The fraction of sp³-hybridized carbons (Fsp3) is 0.500. The highest BCUT2D eigenvalue weighted by Crippen LogP contribution is 2.22. The van der Waals surface area contributed by atoms with Gasteiger partial charge in [-0.05, 0) is 30.5 Å². The van der Waals surface area contributed by atoms with Crippen molar-refractivity contribution >= 4 is 23.3 Å². The minimum Gasteiger partial charge on any atom is -0.315 e. The minimum atomic E-state index is -4.43. The first-order valence-corrected chi connectivity index (χ1v) is 6.85. The summed E-state index contributed by atoms with van der Waals surface area (Å²) in [6.07, 6.45) is -4.43. The molecule has 0 aliphatic carbocycles. The van der Waals surface area contributed by atoms with Crippen LogP contribution in [0.4, 0.5) is 23.7 Å². The molecule has 0 heterocycles. The number of nitrogens with one attached hydrogen (secondary N) is 1. The zero-order valence-electron chi connectivity index (χ0n) is 12.1. The van der Waals surface area contributed by atoms with Crippen LogP contribution in [0.25, 0.3) is 0 Å². The summed E-state index contributed by atoms with van der Waals surface area (Å²) in [5.74, 6) is -0.0697. The number of aryl methyl sites for hydroxylation is 1. The van der Waals surface area contributed by atoms with Crippen LogP contribution in [0.2, 0.25) is 5.02 Å². The maximum Gasteiger partial charge on any atom is 0.406 e. The number of urea groups is 1. The Morgan fingerprint density at radius 2 is 2.00 bits per heavy atom. The molecule has 21 heavy (non-hydrogen) atoms. The fourth-order valence-corrected chi connectivity index (χ4v) is 1.93. The summed E-state index contributed by atoms with van der Waals surface area (Å²) in [6, 6.07) is 4.01. The van der Waals surface area contributed by atoms with Crippen LogP contribution < -0.4 is 5.32 Å². The van der Waals surface area contributed by atoms with E-state index in [-0.39, 0.29) is 12.5 Å². The highest BCUT2D eigenvalue weighted by atomic mass is 35.5. The number of benzene rings is 1. The summed E-state index contributed by atoms with van der Waals surface area (Å²) in [4.78, 5) is 12.7. The van der Waals surface area contributed by atoms with Gasteiger partial charge in [0.15, 0.2) is 0 Å². The van der Waals surface area contributed by atoms with Crippen molar-refractivity contribution in [1.82, 2.24) is 4.90 Å². The van der Waals surface area contributed by atoms with Gasteiger partial charge in [-0.1, -0.05) is 31.5 Å². The van der Waals surface area contributed by atoms with Gasteiger partial charge in [0.1, 0.15) is 6.54 Å². The van der Waals surface area contributed by atoms with E-state index in [1.165, 1.54) is 6.07 Å². The van der Waals surface area contributed by atoms with E-state index in [0.717, 1.165) is 10.5 Å². The molecule has 2 amide bonds. The quantitative estimate of drug-likeness (QED) is 0.856. The number of carbonyl (C=O) groups is 1. The van der Waals surface area contributed by atoms with E-state index < -0.39 is 18.8 Å². The number of amides is 2. The molecular formula is C14H18ClF3N2O. The Labute approximate surface area is 127 Å². The zero-order valence-corrected chi connectivity index (χ0v) is 12.8. The van der Waals surface area contributed by atoms with Crippen molar-refractivity contribution in [3.05, 3.63) is 28.8 Å². The number of hydrogen-bond acceptors (Lipinski definition) is 1. The largest absolute Gasteiger partial charge is 0.406 e. The van der Waals surface area contributed by atoms with Gasteiger partial charge in [0, 0.05) is 17.3 Å². The summed E-state index contributed by atoms with van der Waals surface area (Å²) >= 11 is 5.92. The number of rotatable bonds is 4. The van der Waals surface area contributed by atoms with E-state index in [1.54, 1.807) is 32.9 Å². The van der Waals surface area contributed by atoms with E-state index in [4.69, 9.17) is 11.6 Å². The van der Waals surface area contributed by atoms with E-state index in [2.05, 4.69) is 5.32 Å². The monoisotopic (exact) mass is 322 g/mol. The molecule has 1 aromatic rings. The molecule has 0 saturated heterocycles. The van der Waals surface area contributed by atoms with Gasteiger partial charge in [0.25, 0.3) is 0 Å². The Kier molecular flexibility index (Phi) is 5.89. The van der Waals surface area contributed by atoms with Gasteiger partial charge in [-0.15, -0.1) is 0 Å². The maximum atomic E-state index is 12.5. The number of anilines is 1. The van der Waals surface area contributed by atoms with Gasteiger partial charge in [0.05, 0.1) is 0 Å². The predicted octanol–water partition coefficient (Wildman–Crippen LogP) is 4.70. The van der Waals surface area contributed by atoms with Crippen molar-refractivity contribution in [2.24, 2.45) is 5.92 Å². The topological polar surface area (TPSA) is 32.3 Å². The van der Waals surface area contributed by atoms with Crippen LogP contribution in [0, 0.1) is 12.8 Å². The summed E-state index contributed by atoms with van der Waals surface area (Å²) < 4.78 is 37.6. The molecule has 0 aliphatic heterocycles. The number of alkyl halides is 3. The molecule has 0 unspecified atom stereocenters. The van der Waals surface area contributed by atoms with Crippen molar-refractivity contribution in [3.63, 3.8) is 0 Å². The van der Waals surface area contributed by atoms with Gasteiger partial charge in [0.2, 0.25) is 0 Å². The van der Waals surface area contributed by atoms with Gasteiger partial charge >= 0.3 is 12.2 Å². The molecule has 1 aromatic carbocycles. The highest BCUT2D eigenvalue weighted by Gasteiger charge is 2.33. The Morgan fingerprint density at radius 1 is 1.38 bits per heavy atom. The molecule has 7 heteroatoms. The Morgan fingerprint density at radius 3 is 2.48 bits per heavy atom. The lowest BCUT2D eigenvalue weighted by atomic mass is 10.2. The van der Waals surface area contributed by atoms with Crippen molar-refractivity contribution in [2.75, 3.05) is 18.4 Å². The van der Waals surface area contributed by atoms with Crippen molar-refractivity contribution < 1.29 is 18.0 Å². The van der Waals surface area contributed by atoms with E-state index in [0.29, 0.717) is 10.7 Å². The molecule has 0 aromatic heterocycles. The van der Waals surface area contributed by atoms with Crippen molar-refractivity contribution in [2.45, 2.75) is 26.9 Å². The number of hydrogen-bond donors (Lipinski definition) is 1. The van der Waals surface area contributed by atoms with Crippen LogP contribution in [0.15, 0.2) is 18.2 Å². The normalized spacial score (nSPS) is 11.6. The molecule has 0 bridgehead atoms. The maximum absolute atomic E-state index is 12.5. The summed E-state index contributed by atoms with van der Waals surface area (Å²) in [5, 5.41) is 2.88. The molecule has 3 nitrogen and oxygen atoms in total. The molecule has 1 N–H and O–H groups in total. The molecule has 0 atom stereocenters. The van der Waals surface area contributed by atoms with Crippen LogP contribution in [0.1, 0.15) is 19.4 Å². The van der Waals surface area contributed by atoms with E-state index in [9.17, 15) is 18.0 Å². The first-order chi connectivity index (χ1) is 9.58. The smallest absolute Gasteiger partial charge is 0.315 e. The lowest BCUT2D eigenvalue weighted by molar-refractivity contribution is -0.140.